The zero-order chi connectivity index (χ0) is 24.4. The van der Waals surface area contributed by atoms with Gasteiger partial charge in [0.25, 0.3) is 5.91 Å². The van der Waals surface area contributed by atoms with Gasteiger partial charge in [-0.2, -0.15) is 0 Å². The normalized spacial score (nSPS) is 14.6. The average molecular weight is 493 g/mol. The van der Waals surface area contributed by atoms with Crippen molar-refractivity contribution in [3.05, 3.63) is 59.5 Å². The minimum absolute atomic E-state index is 0.176. The standard InChI is InChI=1S/C27H29FN4O2S/c1-29-26(34)19-8-10-20(21(28)15-19)22-17-32-23-11-9-18(16-25(23)35-27(32)30-22)24(33)7-3-6-14-31-12-4-2-5-13-31/h8-11,15-17H,2-7,12-14H2,1H3,(H,29,34). The third-order valence-electron chi connectivity index (χ3n) is 6.73. The summed E-state index contributed by atoms with van der Waals surface area (Å²) in [4.78, 5) is 32.4. The molecule has 1 saturated heterocycles. The van der Waals surface area contributed by atoms with Crippen molar-refractivity contribution in [2.75, 3.05) is 26.7 Å². The number of fused-ring (bicyclic) bond motifs is 3. The van der Waals surface area contributed by atoms with Crippen LogP contribution >= 0.6 is 11.3 Å². The number of ketones is 1. The molecule has 1 aliphatic heterocycles. The molecular weight excluding hydrogens is 463 g/mol. The number of aromatic nitrogens is 2. The largest absolute Gasteiger partial charge is 0.355 e. The van der Waals surface area contributed by atoms with Crippen LogP contribution in [0.2, 0.25) is 0 Å². The van der Waals surface area contributed by atoms with Crippen LogP contribution in [-0.4, -0.2) is 52.7 Å². The molecule has 0 aliphatic carbocycles. The van der Waals surface area contributed by atoms with Gasteiger partial charge in [-0.15, -0.1) is 0 Å². The fraction of sp³-hybridized carbons (Fsp3) is 0.370. The first-order valence-electron chi connectivity index (χ1n) is 12.2. The number of unbranched alkanes of at least 4 members (excludes halogenated alkanes) is 1. The number of carbonyl (C=O) groups excluding carboxylic acids is 2. The molecule has 2 aromatic heterocycles. The number of amides is 1. The molecule has 0 atom stereocenters. The Morgan fingerprint density at radius 2 is 1.86 bits per heavy atom. The number of hydrogen-bond acceptors (Lipinski definition) is 5. The molecule has 5 rings (SSSR count). The third-order valence-corrected chi connectivity index (χ3v) is 7.74. The van der Waals surface area contributed by atoms with Crippen molar-refractivity contribution in [2.45, 2.75) is 38.5 Å². The number of piperidine rings is 1. The van der Waals surface area contributed by atoms with Gasteiger partial charge in [0.05, 0.1) is 15.9 Å². The topological polar surface area (TPSA) is 66.7 Å². The number of likely N-dealkylation sites (tertiary alicyclic amines) is 1. The lowest BCUT2D eigenvalue weighted by molar-refractivity contribution is 0.0959. The minimum atomic E-state index is -0.491. The van der Waals surface area contributed by atoms with Crippen LogP contribution in [0.5, 0.6) is 0 Å². The summed E-state index contributed by atoms with van der Waals surface area (Å²) in [5.41, 5.74) is 2.79. The summed E-state index contributed by atoms with van der Waals surface area (Å²) in [6.45, 7) is 3.48. The van der Waals surface area contributed by atoms with Crippen LogP contribution < -0.4 is 5.32 Å². The van der Waals surface area contributed by atoms with Gasteiger partial charge in [0.1, 0.15) is 5.82 Å². The van der Waals surface area contributed by atoms with Crippen molar-refractivity contribution in [3.8, 4) is 11.3 Å². The number of carbonyl (C=O) groups is 2. The Bertz CT molecular complexity index is 1390. The molecule has 8 heteroatoms. The quantitative estimate of drug-likeness (QED) is 0.259. The number of imidazole rings is 1. The Kier molecular flexibility index (Phi) is 6.92. The number of hydrogen-bond donors (Lipinski definition) is 1. The van der Waals surface area contributed by atoms with Crippen LogP contribution in [0.25, 0.3) is 26.4 Å². The zero-order valence-corrected chi connectivity index (χ0v) is 20.7. The number of nitrogens with zero attached hydrogens (tertiary/aromatic N) is 3. The maximum absolute atomic E-state index is 14.7. The highest BCUT2D eigenvalue weighted by Crippen LogP contribution is 2.31. The Balaban J connectivity index is 1.28. The van der Waals surface area contributed by atoms with Crippen molar-refractivity contribution in [3.63, 3.8) is 0 Å². The van der Waals surface area contributed by atoms with E-state index < -0.39 is 5.82 Å². The predicted octanol–water partition coefficient (Wildman–Crippen LogP) is 5.55. The summed E-state index contributed by atoms with van der Waals surface area (Å²) in [5, 5.41) is 2.50. The van der Waals surface area contributed by atoms with E-state index in [0.717, 1.165) is 40.1 Å². The molecule has 0 bridgehead atoms. The van der Waals surface area contributed by atoms with Crippen molar-refractivity contribution in [1.82, 2.24) is 19.6 Å². The number of halogens is 1. The van der Waals surface area contributed by atoms with Gasteiger partial charge in [0.15, 0.2) is 10.7 Å². The van der Waals surface area contributed by atoms with Gasteiger partial charge in [0, 0.05) is 36.4 Å². The van der Waals surface area contributed by atoms with E-state index in [1.807, 2.05) is 22.6 Å². The average Bonchev–Trinajstić information content (AvgIpc) is 3.44. The maximum atomic E-state index is 14.7. The molecule has 2 aromatic carbocycles. The van der Waals surface area contributed by atoms with Crippen molar-refractivity contribution < 1.29 is 14.0 Å². The molecule has 3 heterocycles. The molecule has 1 fully saturated rings. The van der Waals surface area contributed by atoms with E-state index in [1.54, 1.807) is 18.3 Å². The fourth-order valence-electron chi connectivity index (χ4n) is 4.76. The van der Waals surface area contributed by atoms with Crippen LogP contribution in [0.3, 0.4) is 0 Å². The van der Waals surface area contributed by atoms with E-state index in [1.165, 1.54) is 56.8 Å². The summed E-state index contributed by atoms with van der Waals surface area (Å²) in [7, 11) is 1.51. The van der Waals surface area contributed by atoms with Crippen molar-refractivity contribution in [1.29, 1.82) is 0 Å². The maximum Gasteiger partial charge on any atom is 0.251 e. The minimum Gasteiger partial charge on any atom is -0.355 e. The molecule has 1 amide bonds. The van der Waals surface area contributed by atoms with E-state index in [-0.39, 0.29) is 17.3 Å². The Hall–Kier alpha value is -3.10. The molecule has 0 unspecified atom stereocenters. The summed E-state index contributed by atoms with van der Waals surface area (Å²) >= 11 is 1.48. The molecule has 0 saturated carbocycles. The highest BCUT2D eigenvalue weighted by atomic mass is 32.1. The van der Waals surface area contributed by atoms with E-state index in [4.69, 9.17) is 0 Å². The first-order chi connectivity index (χ1) is 17.0. The SMILES string of the molecule is CNC(=O)c1ccc(-c2cn3c(n2)sc2cc(C(=O)CCCCN4CCCCC4)ccc23)c(F)c1. The number of nitrogens with one attached hydrogen (secondary N) is 1. The molecule has 1 aliphatic rings. The highest BCUT2D eigenvalue weighted by Gasteiger charge is 2.16. The lowest BCUT2D eigenvalue weighted by Gasteiger charge is -2.26. The zero-order valence-electron chi connectivity index (χ0n) is 19.8. The molecule has 182 valence electrons. The second kappa shape index (κ2) is 10.3. The third kappa shape index (κ3) is 4.99. The molecular formula is C27H29FN4O2S. The lowest BCUT2D eigenvalue weighted by Crippen LogP contribution is -2.30. The van der Waals surface area contributed by atoms with Crippen molar-refractivity contribution in [2.24, 2.45) is 0 Å². The molecule has 4 aromatic rings. The highest BCUT2D eigenvalue weighted by molar-refractivity contribution is 7.23. The van der Waals surface area contributed by atoms with Crippen LogP contribution in [0.15, 0.2) is 42.6 Å². The molecule has 35 heavy (non-hydrogen) atoms. The molecule has 1 N–H and O–H groups in total. The van der Waals surface area contributed by atoms with Gasteiger partial charge in [-0.05, 0) is 81.7 Å². The Labute approximate surface area is 207 Å². The van der Waals surface area contributed by atoms with Gasteiger partial charge >= 0.3 is 0 Å². The van der Waals surface area contributed by atoms with Gasteiger partial charge in [-0.25, -0.2) is 9.37 Å². The number of benzene rings is 2. The molecule has 6 nitrogen and oxygen atoms in total. The van der Waals surface area contributed by atoms with Gasteiger partial charge < -0.3 is 10.2 Å². The van der Waals surface area contributed by atoms with Crippen LogP contribution in [0.4, 0.5) is 4.39 Å². The smallest absolute Gasteiger partial charge is 0.251 e. The van der Waals surface area contributed by atoms with Gasteiger partial charge in [0.2, 0.25) is 0 Å². The summed E-state index contributed by atoms with van der Waals surface area (Å²) < 4.78 is 17.6. The van der Waals surface area contributed by atoms with E-state index in [2.05, 4.69) is 15.2 Å². The van der Waals surface area contributed by atoms with Gasteiger partial charge in [-0.1, -0.05) is 17.8 Å². The molecule has 0 radical (unpaired) electrons. The van der Waals surface area contributed by atoms with Crippen LogP contribution in [-0.2, 0) is 0 Å². The van der Waals surface area contributed by atoms with E-state index >= 15 is 0 Å². The summed E-state index contributed by atoms with van der Waals surface area (Å²) in [5.74, 6) is -0.649. The lowest BCUT2D eigenvalue weighted by atomic mass is 10.0. The number of rotatable bonds is 8. The second-order valence-electron chi connectivity index (χ2n) is 9.12. The summed E-state index contributed by atoms with van der Waals surface area (Å²) in [6, 6.07) is 10.2. The second-order valence-corrected chi connectivity index (χ2v) is 10.1. The Morgan fingerprint density at radius 3 is 2.63 bits per heavy atom. The number of thiazole rings is 1. The van der Waals surface area contributed by atoms with Crippen LogP contribution in [0, 0.1) is 5.82 Å². The Morgan fingerprint density at radius 1 is 1.06 bits per heavy atom. The van der Waals surface area contributed by atoms with E-state index in [0.29, 0.717) is 17.7 Å². The van der Waals surface area contributed by atoms with Crippen LogP contribution in [0.1, 0.15) is 59.2 Å². The fourth-order valence-corrected chi connectivity index (χ4v) is 5.81. The van der Waals surface area contributed by atoms with E-state index in [9.17, 15) is 14.0 Å². The first-order valence-corrected chi connectivity index (χ1v) is 13.0. The predicted molar refractivity (Wildman–Crippen MR) is 138 cm³/mol. The monoisotopic (exact) mass is 492 g/mol. The first kappa shape index (κ1) is 23.6. The molecule has 0 spiro atoms. The van der Waals surface area contributed by atoms with Crippen molar-refractivity contribution >= 4 is 38.2 Å². The van der Waals surface area contributed by atoms with Gasteiger partial charge in [-0.3, -0.25) is 14.0 Å². The number of Topliss-reactive ketones (excluding diaryl/α,β-unsaturated/α-hetero) is 1. The summed E-state index contributed by atoms with van der Waals surface area (Å²) in [6.07, 6.45) is 8.27.